The summed E-state index contributed by atoms with van der Waals surface area (Å²) in [7, 11) is 6.25. The van der Waals surface area contributed by atoms with Crippen molar-refractivity contribution in [2.75, 3.05) is 28.4 Å². The van der Waals surface area contributed by atoms with Crippen LogP contribution in [-0.2, 0) is 0 Å². The van der Waals surface area contributed by atoms with Crippen molar-refractivity contribution in [3.05, 3.63) is 41.0 Å². The average molecular weight is 348 g/mol. The van der Waals surface area contributed by atoms with Gasteiger partial charge in [-0.05, 0) is 26.0 Å². The Bertz CT molecular complexity index is 674. The first kappa shape index (κ1) is 20.2. The van der Waals surface area contributed by atoms with Gasteiger partial charge < -0.3 is 24.1 Å². The normalized spacial score (nSPS) is 9.52. The number of phenols is 1. The van der Waals surface area contributed by atoms with Crippen molar-refractivity contribution in [2.45, 2.75) is 13.8 Å². The summed E-state index contributed by atoms with van der Waals surface area (Å²) in [6.07, 6.45) is 0.768. The topological polar surface area (TPSA) is 74.2 Å². The van der Waals surface area contributed by atoms with Crippen LogP contribution in [0.1, 0.15) is 21.5 Å². The van der Waals surface area contributed by atoms with Crippen molar-refractivity contribution in [3.8, 4) is 28.7 Å². The van der Waals surface area contributed by atoms with Crippen LogP contribution >= 0.6 is 0 Å². The Kier molecular flexibility index (Phi) is 7.59. The van der Waals surface area contributed by atoms with Crippen LogP contribution in [0.5, 0.6) is 28.7 Å². The first-order valence-electron chi connectivity index (χ1n) is 7.51. The first-order chi connectivity index (χ1) is 11.9. The average Bonchev–Trinajstić information content (AvgIpc) is 2.63. The molecule has 0 aliphatic heterocycles. The molecule has 25 heavy (non-hydrogen) atoms. The minimum Gasteiger partial charge on any atom is -0.508 e. The highest BCUT2D eigenvalue weighted by Crippen LogP contribution is 2.32. The van der Waals surface area contributed by atoms with Gasteiger partial charge >= 0.3 is 0 Å². The van der Waals surface area contributed by atoms with Gasteiger partial charge in [-0.2, -0.15) is 0 Å². The second-order valence-corrected chi connectivity index (χ2v) is 5.14. The lowest BCUT2D eigenvalue weighted by Crippen LogP contribution is -1.94. The molecule has 0 aromatic heterocycles. The van der Waals surface area contributed by atoms with Gasteiger partial charge in [0, 0.05) is 28.8 Å². The van der Waals surface area contributed by atoms with Crippen molar-refractivity contribution in [1.82, 2.24) is 0 Å². The molecule has 0 aliphatic rings. The molecule has 2 rings (SSSR count). The molecule has 0 radical (unpaired) electrons. The van der Waals surface area contributed by atoms with E-state index in [1.165, 1.54) is 0 Å². The Morgan fingerprint density at radius 1 is 0.720 bits per heavy atom. The summed E-state index contributed by atoms with van der Waals surface area (Å²) in [4.78, 5) is 10.5. The van der Waals surface area contributed by atoms with Crippen LogP contribution in [0.25, 0.3) is 0 Å². The lowest BCUT2D eigenvalue weighted by atomic mass is 10.1. The highest BCUT2D eigenvalue weighted by atomic mass is 16.5. The number of rotatable bonds is 5. The van der Waals surface area contributed by atoms with Crippen LogP contribution in [-0.4, -0.2) is 39.8 Å². The quantitative estimate of drug-likeness (QED) is 0.833. The molecular formula is C19H24O6. The van der Waals surface area contributed by atoms with Crippen molar-refractivity contribution >= 4 is 6.29 Å². The summed E-state index contributed by atoms with van der Waals surface area (Å²) in [5.41, 5.74) is 2.34. The Morgan fingerprint density at radius 3 is 1.32 bits per heavy atom. The van der Waals surface area contributed by atoms with E-state index in [-0.39, 0.29) is 5.75 Å². The minimum atomic E-state index is 0.148. The third-order valence-corrected chi connectivity index (χ3v) is 3.65. The molecule has 6 heteroatoms. The van der Waals surface area contributed by atoms with Gasteiger partial charge in [-0.25, -0.2) is 0 Å². The van der Waals surface area contributed by atoms with E-state index >= 15 is 0 Å². The van der Waals surface area contributed by atoms with Gasteiger partial charge in [0.05, 0.1) is 28.4 Å². The summed E-state index contributed by atoms with van der Waals surface area (Å²) < 4.78 is 20.2. The van der Waals surface area contributed by atoms with Crippen molar-refractivity contribution in [1.29, 1.82) is 0 Å². The standard InChI is InChI=1S/C10H12O3.C9H12O3/c1-7-9(12-2)4-8(6-11)5-10(7)13-3;1-6-8(11-2)4-7(10)5-9(6)12-3/h4-6H,1-3H3;4-5,10H,1-3H3. The monoisotopic (exact) mass is 348 g/mol. The maximum Gasteiger partial charge on any atom is 0.150 e. The predicted octanol–water partition coefficient (Wildman–Crippen LogP) is 3.54. The van der Waals surface area contributed by atoms with Crippen LogP contribution in [0.3, 0.4) is 0 Å². The van der Waals surface area contributed by atoms with Crippen molar-refractivity contribution in [2.24, 2.45) is 0 Å². The van der Waals surface area contributed by atoms with Crippen LogP contribution in [0, 0.1) is 13.8 Å². The highest BCUT2D eigenvalue weighted by Gasteiger charge is 2.07. The summed E-state index contributed by atoms with van der Waals surface area (Å²) in [6, 6.07) is 6.48. The molecule has 0 saturated heterocycles. The molecule has 0 saturated carbocycles. The maximum atomic E-state index is 10.5. The van der Waals surface area contributed by atoms with Crippen molar-refractivity contribution < 1.29 is 28.8 Å². The molecule has 0 fully saturated rings. The molecular weight excluding hydrogens is 324 g/mol. The largest absolute Gasteiger partial charge is 0.508 e. The fraction of sp³-hybridized carbons (Fsp3) is 0.316. The SMILES string of the molecule is COc1cc(C=O)cc(OC)c1C.COc1cc(O)cc(OC)c1C. The van der Waals surface area contributed by atoms with Crippen LogP contribution < -0.4 is 18.9 Å². The molecule has 1 N–H and O–H groups in total. The third-order valence-electron chi connectivity index (χ3n) is 3.65. The Labute approximate surface area is 147 Å². The fourth-order valence-corrected chi connectivity index (χ4v) is 2.25. The van der Waals surface area contributed by atoms with Gasteiger partial charge in [0.15, 0.2) is 0 Å². The summed E-state index contributed by atoms with van der Waals surface area (Å²) in [5, 5.41) is 9.22. The van der Waals surface area contributed by atoms with E-state index < -0.39 is 0 Å². The summed E-state index contributed by atoms with van der Waals surface area (Å²) >= 11 is 0. The maximum absolute atomic E-state index is 10.5. The molecule has 0 aliphatic carbocycles. The Morgan fingerprint density at radius 2 is 1.04 bits per heavy atom. The lowest BCUT2D eigenvalue weighted by molar-refractivity contribution is 0.112. The molecule has 0 bridgehead atoms. The Balaban J connectivity index is 0.000000251. The zero-order chi connectivity index (χ0) is 19.0. The molecule has 2 aromatic carbocycles. The molecule has 0 atom stereocenters. The van der Waals surface area contributed by atoms with Gasteiger partial charge in [-0.15, -0.1) is 0 Å². The predicted molar refractivity (Wildman–Crippen MR) is 95.6 cm³/mol. The van der Waals surface area contributed by atoms with E-state index in [0.717, 1.165) is 17.4 Å². The zero-order valence-corrected chi connectivity index (χ0v) is 15.4. The molecule has 0 amide bonds. The number of hydrogen-bond donors (Lipinski definition) is 1. The summed E-state index contributed by atoms with van der Waals surface area (Å²) in [6.45, 7) is 3.75. The van der Waals surface area contributed by atoms with Gasteiger partial charge in [0.1, 0.15) is 35.0 Å². The van der Waals surface area contributed by atoms with E-state index in [0.29, 0.717) is 28.6 Å². The molecule has 0 spiro atoms. The first-order valence-corrected chi connectivity index (χ1v) is 7.51. The smallest absolute Gasteiger partial charge is 0.150 e. The molecule has 2 aromatic rings. The van der Waals surface area contributed by atoms with Gasteiger partial charge in [0.25, 0.3) is 0 Å². The van der Waals surface area contributed by atoms with Gasteiger partial charge in [-0.3, -0.25) is 4.79 Å². The molecule has 6 nitrogen and oxygen atoms in total. The number of phenolic OH excluding ortho intramolecular Hbond substituents is 1. The number of methoxy groups -OCH3 is 4. The van der Waals surface area contributed by atoms with Crippen LogP contribution in [0.15, 0.2) is 24.3 Å². The molecule has 136 valence electrons. The Hall–Kier alpha value is -2.89. The van der Waals surface area contributed by atoms with E-state index in [4.69, 9.17) is 18.9 Å². The van der Waals surface area contributed by atoms with Crippen LogP contribution in [0.4, 0.5) is 0 Å². The minimum absolute atomic E-state index is 0.148. The summed E-state index contributed by atoms with van der Waals surface area (Å²) in [5.74, 6) is 2.75. The highest BCUT2D eigenvalue weighted by molar-refractivity contribution is 5.77. The number of aromatic hydroxyl groups is 1. The number of carbonyl (C=O) groups excluding carboxylic acids is 1. The number of carbonyl (C=O) groups is 1. The van der Waals surface area contributed by atoms with Crippen molar-refractivity contribution in [3.63, 3.8) is 0 Å². The number of ether oxygens (including phenoxy) is 4. The zero-order valence-electron chi connectivity index (χ0n) is 15.4. The number of hydrogen-bond acceptors (Lipinski definition) is 6. The van der Waals surface area contributed by atoms with Gasteiger partial charge in [0.2, 0.25) is 0 Å². The van der Waals surface area contributed by atoms with Crippen LogP contribution in [0.2, 0.25) is 0 Å². The van der Waals surface area contributed by atoms with E-state index in [9.17, 15) is 9.90 Å². The van der Waals surface area contributed by atoms with E-state index in [1.807, 2.05) is 13.8 Å². The van der Waals surface area contributed by atoms with E-state index in [1.54, 1.807) is 52.7 Å². The number of aldehydes is 1. The number of benzene rings is 2. The second kappa shape index (κ2) is 9.42. The second-order valence-electron chi connectivity index (χ2n) is 5.14. The molecule has 0 unspecified atom stereocenters. The molecule has 0 heterocycles. The lowest BCUT2D eigenvalue weighted by Gasteiger charge is -2.09. The van der Waals surface area contributed by atoms with Gasteiger partial charge in [-0.1, -0.05) is 0 Å². The third kappa shape index (κ3) is 5.04. The van der Waals surface area contributed by atoms with E-state index in [2.05, 4.69) is 0 Å². The fourth-order valence-electron chi connectivity index (χ4n) is 2.25.